The maximum Gasteiger partial charge on any atom is 0.337 e. The largest absolute Gasteiger partial charge is 0.460 e. The number of carbonyl (C=O) groups is 1. The number of nitrogens with zero attached hydrogens (tertiary/aromatic N) is 2. The summed E-state index contributed by atoms with van der Waals surface area (Å²) in [5, 5.41) is 3.13. The van der Waals surface area contributed by atoms with Gasteiger partial charge >= 0.3 is 5.97 Å². The standard InChI is InChI=1S/C17H19N5O2S/c1-8(2)24-16(23)11-9(3)20-15-13(14(18)21-17(25)22-15)12(11)10-5-4-6-19-7-10/h4-8,12H,1-3H3,(H4,18,20,21,22,25). The van der Waals surface area contributed by atoms with E-state index in [-0.39, 0.29) is 10.9 Å². The van der Waals surface area contributed by atoms with Gasteiger partial charge in [-0.05, 0) is 44.6 Å². The fourth-order valence-corrected chi connectivity index (χ4v) is 3.12. The average Bonchev–Trinajstić information content (AvgIpc) is 2.53. The minimum absolute atomic E-state index is 0.235. The molecule has 7 nitrogen and oxygen atoms in total. The van der Waals surface area contributed by atoms with Crippen molar-refractivity contribution in [3.63, 3.8) is 0 Å². The van der Waals surface area contributed by atoms with Gasteiger partial charge in [0.2, 0.25) is 0 Å². The second-order valence-electron chi connectivity index (χ2n) is 6.06. The van der Waals surface area contributed by atoms with Crippen LogP contribution in [0.1, 0.15) is 37.8 Å². The molecule has 1 aliphatic heterocycles. The Bertz CT molecular complexity index is 905. The molecule has 0 fully saturated rings. The van der Waals surface area contributed by atoms with Crippen molar-refractivity contribution < 1.29 is 9.53 Å². The molecule has 0 bridgehead atoms. The molecule has 3 rings (SSSR count). The van der Waals surface area contributed by atoms with E-state index >= 15 is 0 Å². The number of hydrogen-bond donors (Lipinski definition) is 3. The molecule has 1 aliphatic rings. The number of nitrogens with two attached hydrogens (primary N) is 1. The maximum absolute atomic E-state index is 12.8. The number of esters is 1. The van der Waals surface area contributed by atoms with Crippen molar-refractivity contribution in [1.82, 2.24) is 15.0 Å². The van der Waals surface area contributed by atoms with Crippen LogP contribution in [0, 0.1) is 4.77 Å². The number of nitrogens with one attached hydrogen (secondary N) is 2. The Labute approximate surface area is 150 Å². The number of hydrogen-bond acceptors (Lipinski definition) is 7. The molecule has 0 aromatic carbocycles. The van der Waals surface area contributed by atoms with Crippen LogP contribution in [0.2, 0.25) is 0 Å². The Morgan fingerprint density at radius 3 is 2.84 bits per heavy atom. The third-order valence-corrected chi connectivity index (χ3v) is 4.06. The van der Waals surface area contributed by atoms with Gasteiger partial charge in [-0.15, -0.1) is 0 Å². The lowest BCUT2D eigenvalue weighted by Gasteiger charge is -2.30. The van der Waals surface area contributed by atoms with Crippen molar-refractivity contribution in [2.45, 2.75) is 32.8 Å². The van der Waals surface area contributed by atoms with E-state index in [0.717, 1.165) is 5.56 Å². The predicted molar refractivity (Wildman–Crippen MR) is 97.5 cm³/mol. The van der Waals surface area contributed by atoms with Crippen LogP contribution in [0.25, 0.3) is 0 Å². The molecule has 0 radical (unpaired) electrons. The molecule has 4 N–H and O–H groups in total. The van der Waals surface area contributed by atoms with E-state index in [4.69, 9.17) is 22.7 Å². The Morgan fingerprint density at radius 1 is 1.44 bits per heavy atom. The first kappa shape index (κ1) is 17.1. The first-order chi connectivity index (χ1) is 11.9. The maximum atomic E-state index is 12.8. The van der Waals surface area contributed by atoms with Gasteiger partial charge in [-0.1, -0.05) is 6.07 Å². The lowest BCUT2D eigenvalue weighted by molar-refractivity contribution is -0.142. The van der Waals surface area contributed by atoms with E-state index in [0.29, 0.717) is 28.5 Å². The molecule has 2 aromatic heterocycles. The molecule has 1 atom stereocenters. The fraction of sp³-hybridized carbons (Fsp3) is 0.294. The Kier molecular flexibility index (Phi) is 4.54. The zero-order chi connectivity index (χ0) is 18.1. The Hall–Kier alpha value is -2.74. The number of ether oxygens (including phenoxy) is 1. The summed E-state index contributed by atoms with van der Waals surface area (Å²) < 4.78 is 5.71. The zero-order valence-corrected chi connectivity index (χ0v) is 15.0. The average molecular weight is 357 g/mol. The molecule has 0 saturated carbocycles. The summed E-state index contributed by atoms with van der Waals surface area (Å²) in [7, 11) is 0. The lowest BCUT2D eigenvalue weighted by atomic mass is 9.82. The second-order valence-corrected chi connectivity index (χ2v) is 6.44. The highest BCUT2D eigenvalue weighted by Gasteiger charge is 2.36. The van der Waals surface area contributed by atoms with E-state index in [1.807, 2.05) is 26.0 Å². The predicted octanol–water partition coefficient (Wildman–Crippen LogP) is 2.90. The van der Waals surface area contributed by atoms with Crippen LogP contribution in [0.4, 0.5) is 11.6 Å². The van der Waals surface area contributed by atoms with Gasteiger partial charge in [0.05, 0.1) is 17.6 Å². The van der Waals surface area contributed by atoms with Crippen LogP contribution in [-0.4, -0.2) is 27.0 Å². The third kappa shape index (κ3) is 3.25. The number of aromatic amines is 1. The first-order valence-electron chi connectivity index (χ1n) is 7.87. The number of aromatic nitrogens is 3. The number of pyridine rings is 1. The summed E-state index contributed by atoms with van der Waals surface area (Å²) in [6.07, 6.45) is 3.14. The molecule has 8 heteroatoms. The van der Waals surface area contributed by atoms with Gasteiger partial charge in [0, 0.05) is 23.7 Å². The van der Waals surface area contributed by atoms with Crippen LogP contribution in [0.5, 0.6) is 0 Å². The van der Waals surface area contributed by atoms with E-state index in [1.54, 1.807) is 19.3 Å². The van der Waals surface area contributed by atoms with Crippen molar-refractivity contribution in [2.75, 3.05) is 11.1 Å². The van der Waals surface area contributed by atoms with Gasteiger partial charge < -0.3 is 20.8 Å². The highest BCUT2D eigenvalue weighted by atomic mass is 32.1. The number of H-pyrrole nitrogens is 1. The first-order valence-corrected chi connectivity index (χ1v) is 8.27. The number of fused-ring (bicyclic) bond motifs is 1. The highest BCUT2D eigenvalue weighted by Crippen LogP contribution is 2.43. The molecule has 2 aromatic rings. The van der Waals surface area contributed by atoms with E-state index < -0.39 is 11.9 Å². The van der Waals surface area contributed by atoms with Crippen LogP contribution >= 0.6 is 12.2 Å². The molecular formula is C17H19N5O2S. The minimum atomic E-state index is -0.449. The van der Waals surface area contributed by atoms with Gasteiger partial charge in [0.15, 0.2) is 4.77 Å². The van der Waals surface area contributed by atoms with Crippen molar-refractivity contribution in [1.29, 1.82) is 0 Å². The molecule has 0 aliphatic carbocycles. The van der Waals surface area contributed by atoms with Gasteiger partial charge in [-0.3, -0.25) is 4.98 Å². The molecule has 0 saturated heterocycles. The highest BCUT2D eigenvalue weighted by molar-refractivity contribution is 7.71. The van der Waals surface area contributed by atoms with Crippen molar-refractivity contribution >= 4 is 29.8 Å². The fourth-order valence-electron chi connectivity index (χ4n) is 2.92. The Morgan fingerprint density at radius 2 is 2.20 bits per heavy atom. The number of nitrogen functional groups attached to an aromatic ring is 1. The molecule has 3 heterocycles. The van der Waals surface area contributed by atoms with Crippen molar-refractivity contribution in [2.24, 2.45) is 0 Å². The quantitative estimate of drug-likeness (QED) is 0.573. The summed E-state index contributed by atoms with van der Waals surface area (Å²) in [5.74, 6) is 0.0457. The van der Waals surface area contributed by atoms with Gasteiger partial charge in [0.25, 0.3) is 0 Å². The molecular weight excluding hydrogens is 338 g/mol. The van der Waals surface area contributed by atoms with Gasteiger partial charge in [0.1, 0.15) is 11.6 Å². The SMILES string of the molecule is CC1=C(C(=O)OC(C)C)C(c2cccnc2)c2c(nc(=S)[nH]c2N)N1. The number of anilines is 2. The smallest absolute Gasteiger partial charge is 0.337 e. The van der Waals surface area contributed by atoms with Crippen LogP contribution in [0.15, 0.2) is 35.8 Å². The lowest BCUT2D eigenvalue weighted by Crippen LogP contribution is -2.27. The van der Waals surface area contributed by atoms with Crippen molar-refractivity contribution in [3.8, 4) is 0 Å². The number of allylic oxidation sites excluding steroid dienone is 1. The zero-order valence-electron chi connectivity index (χ0n) is 14.2. The minimum Gasteiger partial charge on any atom is -0.460 e. The Balaban J connectivity index is 2.23. The van der Waals surface area contributed by atoms with E-state index in [2.05, 4.69) is 20.3 Å². The summed E-state index contributed by atoms with van der Waals surface area (Å²) in [5.41, 5.74) is 8.79. The molecule has 25 heavy (non-hydrogen) atoms. The van der Waals surface area contributed by atoms with E-state index in [9.17, 15) is 4.79 Å². The number of carbonyl (C=O) groups excluding carboxylic acids is 1. The van der Waals surface area contributed by atoms with Crippen LogP contribution in [-0.2, 0) is 9.53 Å². The second kappa shape index (κ2) is 6.64. The normalized spacial score (nSPS) is 16.4. The summed E-state index contributed by atoms with van der Waals surface area (Å²) in [6, 6.07) is 3.70. The molecule has 0 spiro atoms. The van der Waals surface area contributed by atoms with E-state index in [1.165, 1.54) is 0 Å². The van der Waals surface area contributed by atoms with Crippen LogP contribution < -0.4 is 11.1 Å². The van der Waals surface area contributed by atoms with Crippen LogP contribution in [0.3, 0.4) is 0 Å². The number of rotatable bonds is 3. The molecule has 1 unspecified atom stereocenters. The monoisotopic (exact) mass is 357 g/mol. The van der Waals surface area contributed by atoms with Gasteiger partial charge in [-0.2, -0.15) is 0 Å². The summed E-state index contributed by atoms with van der Waals surface area (Å²) in [6.45, 7) is 5.43. The third-order valence-electron chi connectivity index (χ3n) is 3.87. The molecule has 0 amide bonds. The van der Waals surface area contributed by atoms with Gasteiger partial charge in [-0.25, -0.2) is 9.78 Å². The summed E-state index contributed by atoms with van der Waals surface area (Å²) >= 11 is 5.11. The van der Waals surface area contributed by atoms with Crippen molar-refractivity contribution in [3.05, 3.63) is 51.7 Å². The topological polar surface area (TPSA) is 106 Å². The molecule has 130 valence electrons. The summed E-state index contributed by atoms with van der Waals surface area (Å²) in [4.78, 5) is 24.1.